The van der Waals surface area contributed by atoms with Gasteiger partial charge in [0.25, 0.3) is 0 Å². The van der Waals surface area contributed by atoms with E-state index in [9.17, 15) is 4.39 Å². The number of nitrogens with one attached hydrogen (secondary N) is 1. The minimum absolute atomic E-state index is 0.190. The van der Waals surface area contributed by atoms with E-state index in [0.29, 0.717) is 29.8 Å². The Bertz CT molecular complexity index is 421. The lowest BCUT2D eigenvalue weighted by atomic mass is 9.93. The molecule has 1 N–H and O–H groups in total. The van der Waals surface area contributed by atoms with Gasteiger partial charge in [0, 0.05) is 24.2 Å². The van der Waals surface area contributed by atoms with Crippen molar-refractivity contribution < 1.29 is 9.13 Å². The van der Waals surface area contributed by atoms with E-state index in [0.717, 1.165) is 5.92 Å². The van der Waals surface area contributed by atoms with Gasteiger partial charge in [0.2, 0.25) is 0 Å². The SMILES string of the molecule is CCC1CCC(NCc2ccc(OC)cc2F)C1C. The lowest BCUT2D eigenvalue weighted by Gasteiger charge is -2.21. The fourth-order valence-electron chi connectivity index (χ4n) is 3.15. The molecule has 0 saturated heterocycles. The summed E-state index contributed by atoms with van der Waals surface area (Å²) in [6, 6.07) is 5.58. The van der Waals surface area contributed by atoms with Crippen molar-refractivity contribution in [3.8, 4) is 5.75 Å². The first kappa shape index (κ1) is 14.3. The minimum Gasteiger partial charge on any atom is -0.497 e. The molecule has 1 aliphatic rings. The normalized spacial score (nSPS) is 26.6. The number of rotatable bonds is 5. The average molecular weight is 265 g/mol. The number of hydrogen-bond acceptors (Lipinski definition) is 2. The van der Waals surface area contributed by atoms with Crippen molar-refractivity contribution in [2.24, 2.45) is 11.8 Å². The van der Waals surface area contributed by atoms with Crippen LogP contribution < -0.4 is 10.1 Å². The number of hydrogen-bond donors (Lipinski definition) is 1. The van der Waals surface area contributed by atoms with Crippen molar-refractivity contribution in [3.05, 3.63) is 29.6 Å². The maximum Gasteiger partial charge on any atom is 0.131 e. The molecule has 1 fully saturated rings. The fraction of sp³-hybridized carbons (Fsp3) is 0.625. The second-order valence-electron chi connectivity index (χ2n) is 5.55. The van der Waals surface area contributed by atoms with E-state index >= 15 is 0 Å². The Kier molecular flexibility index (Phi) is 4.81. The van der Waals surface area contributed by atoms with Gasteiger partial charge in [0.05, 0.1) is 7.11 Å². The van der Waals surface area contributed by atoms with Crippen LogP contribution in [0.1, 0.15) is 38.7 Å². The fourth-order valence-corrected chi connectivity index (χ4v) is 3.15. The Morgan fingerprint density at radius 3 is 2.74 bits per heavy atom. The third kappa shape index (κ3) is 3.27. The molecule has 0 heterocycles. The second-order valence-corrected chi connectivity index (χ2v) is 5.55. The van der Waals surface area contributed by atoms with Gasteiger partial charge in [-0.05, 0) is 30.7 Å². The molecule has 3 unspecified atom stereocenters. The number of ether oxygens (including phenoxy) is 1. The van der Waals surface area contributed by atoms with Crippen LogP contribution >= 0.6 is 0 Å². The van der Waals surface area contributed by atoms with Crippen LogP contribution in [0.5, 0.6) is 5.75 Å². The molecular formula is C16H24FNO. The largest absolute Gasteiger partial charge is 0.497 e. The number of benzene rings is 1. The maximum atomic E-state index is 13.8. The summed E-state index contributed by atoms with van der Waals surface area (Å²) in [5, 5.41) is 3.51. The first-order valence-corrected chi connectivity index (χ1v) is 7.21. The molecule has 3 heteroatoms. The van der Waals surface area contributed by atoms with Gasteiger partial charge >= 0.3 is 0 Å². The molecule has 2 nitrogen and oxygen atoms in total. The zero-order chi connectivity index (χ0) is 13.8. The van der Waals surface area contributed by atoms with Crippen LogP contribution in [0.2, 0.25) is 0 Å². The van der Waals surface area contributed by atoms with E-state index in [2.05, 4.69) is 19.2 Å². The summed E-state index contributed by atoms with van der Waals surface area (Å²) in [5.41, 5.74) is 0.716. The summed E-state index contributed by atoms with van der Waals surface area (Å²) < 4.78 is 18.8. The molecule has 0 amide bonds. The van der Waals surface area contributed by atoms with Crippen molar-refractivity contribution >= 4 is 0 Å². The Labute approximate surface area is 115 Å². The Morgan fingerprint density at radius 1 is 1.37 bits per heavy atom. The topological polar surface area (TPSA) is 21.3 Å². The van der Waals surface area contributed by atoms with E-state index < -0.39 is 0 Å². The van der Waals surface area contributed by atoms with Crippen molar-refractivity contribution in [1.82, 2.24) is 5.32 Å². The van der Waals surface area contributed by atoms with Gasteiger partial charge in [-0.15, -0.1) is 0 Å². The molecule has 106 valence electrons. The molecule has 0 aromatic heterocycles. The summed E-state index contributed by atoms with van der Waals surface area (Å²) in [5.74, 6) is 1.88. The molecule has 1 saturated carbocycles. The smallest absolute Gasteiger partial charge is 0.131 e. The summed E-state index contributed by atoms with van der Waals surface area (Å²) >= 11 is 0. The van der Waals surface area contributed by atoms with Crippen molar-refractivity contribution in [1.29, 1.82) is 0 Å². The van der Waals surface area contributed by atoms with Crippen LogP contribution in [0, 0.1) is 17.7 Å². The Balaban J connectivity index is 1.92. The van der Waals surface area contributed by atoms with Crippen LogP contribution in [-0.4, -0.2) is 13.2 Å². The van der Waals surface area contributed by atoms with Crippen molar-refractivity contribution in [3.63, 3.8) is 0 Å². The number of halogens is 1. The summed E-state index contributed by atoms with van der Waals surface area (Å²) in [6.07, 6.45) is 3.74. The summed E-state index contributed by atoms with van der Waals surface area (Å²) in [7, 11) is 1.55. The third-order valence-corrected chi connectivity index (χ3v) is 4.57. The predicted octanol–water partition coefficient (Wildman–Crippen LogP) is 3.75. The molecule has 0 bridgehead atoms. The zero-order valence-electron chi connectivity index (χ0n) is 12.1. The van der Waals surface area contributed by atoms with Crippen LogP contribution in [0.3, 0.4) is 0 Å². The third-order valence-electron chi connectivity index (χ3n) is 4.57. The Morgan fingerprint density at radius 2 is 2.16 bits per heavy atom. The standard InChI is InChI=1S/C16H24FNO/c1-4-12-6-8-16(11(12)2)18-10-13-5-7-14(19-3)9-15(13)17/h5,7,9,11-12,16,18H,4,6,8,10H2,1-3H3. The monoisotopic (exact) mass is 265 g/mol. The van der Waals surface area contributed by atoms with Gasteiger partial charge in [0.1, 0.15) is 11.6 Å². The van der Waals surface area contributed by atoms with E-state index in [1.807, 2.05) is 6.07 Å². The molecular weight excluding hydrogens is 241 g/mol. The van der Waals surface area contributed by atoms with E-state index in [-0.39, 0.29) is 5.82 Å². The lowest BCUT2D eigenvalue weighted by Crippen LogP contribution is -2.32. The summed E-state index contributed by atoms with van der Waals surface area (Å²) in [6.45, 7) is 5.16. The maximum absolute atomic E-state index is 13.8. The summed E-state index contributed by atoms with van der Waals surface area (Å²) in [4.78, 5) is 0. The molecule has 1 aromatic carbocycles. The van der Waals surface area contributed by atoms with E-state index in [4.69, 9.17) is 4.74 Å². The average Bonchev–Trinajstić information content (AvgIpc) is 2.78. The van der Waals surface area contributed by atoms with E-state index in [1.54, 1.807) is 13.2 Å². The molecule has 0 spiro atoms. The first-order chi connectivity index (χ1) is 9.15. The van der Waals surface area contributed by atoms with Gasteiger partial charge in [-0.2, -0.15) is 0 Å². The van der Waals surface area contributed by atoms with Crippen LogP contribution in [0.25, 0.3) is 0 Å². The zero-order valence-corrected chi connectivity index (χ0v) is 12.1. The van der Waals surface area contributed by atoms with Crippen molar-refractivity contribution in [2.75, 3.05) is 7.11 Å². The van der Waals surface area contributed by atoms with Gasteiger partial charge in [-0.25, -0.2) is 4.39 Å². The highest BCUT2D eigenvalue weighted by Gasteiger charge is 2.30. The van der Waals surface area contributed by atoms with Gasteiger partial charge in [-0.3, -0.25) is 0 Å². The molecule has 1 aromatic rings. The van der Waals surface area contributed by atoms with Gasteiger partial charge in [0.15, 0.2) is 0 Å². The second kappa shape index (κ2) is 6.38. The van der Waals surface area contributed by atoms with Gasteiger partial charge < -0.3 is 10.1 Å². The first-order valence-electron chi connectivity index (χ1n) is 7.21. The Hall–Kier alpha value is -1.09. The molecule has 3 atom stereocenters. The van der Waals surface area contributed by atoms with Crippen LogP contribution in [0.4, 0.5) is 4.39 Å². The van der Waals surface area contributed by atoms with Crippen molar-refractivity contribution in [2.45, 2.75) is 45.7 Å². The molecule has 0 aliphatic heterocycles. The minimum atomic E-state index is -0.190. The van der Waals surface area contributed by atoms with Crippen LogP contribution in [0.15, 0.2) is 18.2 Å². The molecule has 0 radical (unpaired) electrons. The quantitative estimate of drug-likeness (QED) is 0.875. The molecule has 19 heavy (non-hydrogen) atoms. The molecule has 1 aliphatic carbocycles. The molecule has 2 rings (SSSR count). The highest BCUT2D eigenvalue weighted by Crippen LogP contribution is 2.34. The predicted molar refractivity (Wildman–Crippen MR) is 75.8 cm³/mol. The highest BCUT2D eigenvalue weighted by molar-refractivity contribution is 5.28. The number of methoxy groups -OCH3 is 1. The lowest BCUT2D eigenvalue weighted by molar-refractivity contribution is 0.343. The van der Waals surface area contributed by atoms with E-state index in [1.165, 1.54) is 25.3 Å². The van der Waals surface area contributed by atoms with Gasteiger partial charge in [-0.1, -0.05) is 26.3 Å². The highest BCUT2D eigenvalue weighted by atomic mass is 19.1. The van der Waals surface area contributed by atoms with Crippen LogP contribution in [-0.2, 0) is 6.54 Å².